The first-order valence-electron chi connectivity index (χ1n) is 9.94. The number of ether oxygens (including phenoxy) is 2. The lowest BCUT2D eigenvalue weighted by Gasteiger charge is -2.12. The highest BCUT2D eigenvalue weighted by molar-refractivity contribution is 5.93. The lowest BCUT2D eigenvalue weighted by atomic mass is 10.1. The molecule has 9 heteroatoms. The van der Waals surface area contributed by atoms with Crippen molar-refractivity contribution in [3.05, 3.63) is 65.5 Å². The molecule has 0 bridgehead atoms. The third-order valence-electron chi connectivity index (χ3n) is 4.94. The van der Waals surface area contributed by atoms with Crippen LogP contribution < -0.4 is 20.5 Å². The van der Waals surface area contributed by atoms with Gasteiger partial charge in [0.2, 0.25) is 0 Å². The van der Waals surface area contributed by atoms with Crippen molar-refractivity contribution in [2.24, 2.45) is 5.73 Å². The number of nitrogens with one attached hydrogen (secondary N) is 1. The largest absolute Gasteiger partial charge is 0.493 e. The van der Waals surface area contributed by atoms with E-state index in [1.54, 1.807) is 22.9 Å². The molecule has 31 heavy (non-hydrogen) atoms. The average Bonchev–Trinajstić information content (AvgIpc) is 3.54. The van der Waals surface area contributed by atoms with Crippen LogP contribution in [0.2, 0.25) is 0 Å². The number of nitrogens with zero attached hydrogens (tertiary/aromatic N) is 3. The minimum absolute atomic E-state index is 0.243. The molecule has 1 aliphatic rings. The second-order valence-electron chi connectivity index (χ2n) is 7.27. The lowest BCUT2D eigenvalue weighted by molar-refractivity contribution is -0.119. The van der Waals surface area contributed by atoms with Crippen LogP contribution in [0.25, 0.3) is 5.69 Å². The highest BCUT2D eigenvalue weighted by Gasteiger charge is 2.34. The molecule has 1 fully saturated rings. The number of rotatable bonds is 9. The molecule has 0 unspecified atom stereocenters. The topological polar surface area (TPSA) is 121 Å². The monoisotopic (exact) mass is 421 g/mol. The number of amides is 2. The summed E-state index contributed by atoms with van der Waals surface area (Å²) in [7, 11) is 1.50. The molecule has 160 valence electrons. The van der Waals surface area contributed by atoms with Crippen molar-refractivity contribution in [3.8, 4) is 17.2 Å². The van der Waals surface area contributed by atoms with Crippen molar-refractivity contribution in [1.82, 2.24) is 20.3 Å². The molecule has 1 aliphatic carbocycles. The van der Waals surface area contributed by atoms with Crippen LogP contribution in [0.1, 0.15) is 40.5 Å². The number of primary amides is 1. The van der Waals surface area contributed by atoms with Gasteiger partial charge in [0.1, 0.15) is 0 Å². The van der Waals surface area contributed by atoms with Crippen LogP contribution in [0.4, 0.5) is 0 Å². The summed E-state index contributed by atoms with van der Waals surface area (Å²) in [4.78, 5) is 23.8. The summed E-state index contributed by atoms with van der Waals surface area (Å²) in [6.45, 7) is 0.0288. The van der Waals surface area contributed by atoms with E-state index in [-0.39, 0.29) is 25.0 Å². The fourth-order valence-electron chi connectivity index (χ4n) is 3.29. The average molecular weight is 421 g/mol. The quantitative estimate of drug-likeness (QED) is 0.545. The van der Waals surface area contributed by atoms with Gasteiger partial charge in [-0.15, -0.1) is 5.10 Å². The number of nitrogens with two attached hydrogens (primary N) is 1. The summed E-state index contributed by atoms with van der Waals surface area (Å²) in [5, 5.41) is 11.3. The van der Waals surface area contributed by atoms with Gasteiger partial charge in [0.05, 0.1) is 18.5 Å². The molecular formula is C22H23N5O4. The second kappa shape index (κ2) is 8.86. The van der Waals surface area contributed by atoms with E-state index in [2.05, 4.69) is 15.6 Å². The molecule has 1 aromatic heterocycles. The molecule has 9 nitrogen and oxygen atoms in total. The van der Waals surface area contributed by atoms with Gasteiger partial charge in [0.15, 0.2) is 23.8 Å². The third kappa shape index (κ3) is 4.66. The first-order valence-corrected chi connectivity index (χ1v) is 9.94. The van der Waals surface area contributed by atoms with Crippen LogP contribution in [0.3, 0.4) is 0 Å². The Labute approximate surface area is 179 Å². The van der Waals surface area contributed by atoms with Crippen LogP contribution in [0, 0.1) is 0 Å². The van der Waals surface area contributed by atoms with E-state index in [1.165, 1.54) is 7.11 Å². The number of methoxy groups -OCH3 is 1. The van der Waals surface area contributed by atoms with E-state index < -0.39 is 5.91 Å². The van der Waals surface area contributed by atoms with Crippen LogP contribution in [-0.4, -0.2) is 40.5 Å². The highest BCUT2D eigenvalue weighted by atomic mass is 16.5. The number of hydrogen-bond acceptors (Lipinski definition) is 6. The maximum Gasteiger partial charge on any atom is 0.274 e. The minimum atomic E-state index is -0.576. The molecule has 2 amide bonds. The van der Waals surface area contributed by atoms with Crippen molar-refractivity contribution < 1.29 is 19.1 Å². The predicted octanol–water partition coefficient (Wildman–Crippen LogP) is 1.95. The molecule has 1 heterocycles. The van der Waals surface area contributed by atoms with Gasteiger partial charge in [-0.1, -0.05) is 29.5 Å². The molecule has 1 saturated carbocycles. The van der Waals surface area contributed by atoms with E-state index in [0.717, 1.165) is 29.8 Å². The highest BCUT2D eigenvalue weighted by Crippen LogP contribution is 2.42. The summed E-state index contributed by atoms with van der Waals surface area (Å²) < 4.78 is 12.4. The van der Waals surface area contributed by atoms with Crippen molar-refractivity contribution in [1.29, 1.82) is 0 Å². The number of benzene rings is 2. The summed E-state index contributed by atoms with van der Waals surface area (Å²) in [6, 6.07) is 14.9. The lowest BCUT2D eigenvalue weighted by Crippen LogP contribution is -2.24. The zero-order chi connectivity index (χ0) is 21.8. The number of carbonyl (C=O) groups excluding carboxylic acids is 2. The Morgan fingerprint density at radius 1 is 1.16 bits per heavy atom. The fourth-order valence-corrected chi connectivity index (χ4v) is 3.29. The molecule has 3 N–H and O–H groups in total. The molecular weight excluding hydrogens is 398 g/mol. The molecule has 2 aromatic carbocycles. The van der Waals surface area contributed by atoms with Gasteiger partial charge < -0.3 is 20.5 Å². The zero-order valence-corrected chi connectivity index (χ0v) is 17.1. The number of carbonyl (C=O) groups is 2. The Balaban J connectivity index is 1.48. The molecule has 4 rings (SSSR count). The van der Waals surface area contributed by atoms with Gasteiger partial charge in [-0.05, 0) is 42.7 Å². The Kier molecular flexibility index (Phi) is 5.83. The zero-order valence-electron chi connectivity index (χ0n) is 17.1. The van der Waals surface area contributed by atoms with Crippen LogP contribution >= 0.6 is 0 Å². The molecule has 0 saturated heterocycles. The van der Waals surface area contributed by atoms with Crippen LogP contribution in [0.5, 0.6) is 11.5 Å². The van der Waals surface area contributed by atoms with Crippen molar-refractivity contribution in [2.75, 3.05) is 13.7 Å². The molecule has 0 spiro atoms. The van der Waals surface area contributed by atoms with Crippen molar-refractivity contribution in [3.63, 3.8) is 0 Å². The van der Waals surface area contributed by atoms with E-state index in [4.69, 9.17) is 15.2 Å². The second-order valence-corrected chi connectivity index (χ2v) is 7.27. The van der Waals surface area contributed by atoms with Crippen LogP contribution in [0.15, 0.2) is 48.5 Å². The normalized spacial score (nSPS) is 12.9. The molecule has 0 atom stereocenters. The van der Waals surface area contributed by atoms with E-state index in [0.29, 0.717) is 17.2 Å². The molecule has 0 aliphatic heterocycles. The fraction of sp³-hybridized carbons (Fsp3) is 0.273. The summed E-state index contributed by atoms with van der Waals surface area (Å²) in [5.74, 6) is 0.281. The van der Waals surface area contributed by atoms with Gasteiger partial charge in [-0.3, -0.25) is 9.59 Å². The Morgan fingerprint density at radius 2 is 1.94 bits per heavy atom. The predicted molar refractivity (Wildman–Crippen MR) is 112 cm³/mol. The van der Waals surface area contributed by atoms with Gasteiger partial charge in [-0.2, -0.15) is 0 Å². The first-order chi connectivity index (χ1) is 15.1. The molecule has 3 aromatic rings. The Morgan fingerprint density at radius 3 is 2.61 bits per heavy atom. The summed E-state index contributed by atoms with van der Waals surface area (Å²) >= 11 is 0. The number of hydrogen-bond donors (Lipinski definition) is 2. The number of para-hydroxylation sites is 1. The van der Waals surface area contributed by atoms with Crippen LogP contribution in [-0.2, 0) is 11.3 Å². The standard InChI is InChI=1S/C22H23N5O4/c1-30-18-11-14(7-10-17(18)31-13-19(23)28)12-24-22(29)20-21(15-8-9-15)27(26-25-20)16-5-3-2-4-6-16/h2-7,10-11,15H,8-9,12-13H2,1H3,(H2,23,28)(H,24,29). The number of aromatic nitrogens is 3. The van der Waals surface area contributed by atoms with Gasteiger partial charge in [0, 0.05) is 12.5 Å². The van der Waals surface area contributed by atoms with E-state index in [1.807, 2.05) is 30.3 Å². The third-order valence-corrected chi connectivity index (χ3v) is 4.94. The Hall–Kier alpha value is -3.88. The van der Waals surface area contributed by atoms with E-state index in [9.17, 15) is 9.59 Å². The molecule has 0 radical (unpaired) electrons. The minimum Gasteiger partial charge on any atom is -0.493 e. The van der Waals surface area contributed by atoms with Gasteiger partial charge in [0.25, 0.3) is 11.8 Å². The maximum atomic E-state index is 12.9. The Bertz CT molecular complexity index is 1090. The smallest absolute Gasteiger partial charge is 0.274 e. The maximum absolute atomic E-state index is 12.9. The van der Waals surface area contributed by atoms with Crippen molar-refractivity contribution in [2.45, 2.75) is 25.3 Å². The van der Waals surface area contributed by atoms with E-state index >= 15 is 0 Å². The SMILES string of the molecule is COc1cc(CNC(=O)c2nnn(-c3ccccc3)c2C2CC2)ccc1OCC(N)=O. The first kappa shape index (κ1) is 20.4. The summed E-state index contributed by atoms with van der Waals surface area (Å²) in [6.07, 6.45) is 2.04. The van der Waals surface area contributed by atoms with Crippen molar-refractivity contribution >= 4 is 11.8 Å². The van der Waals surface area contributed by atoms with Gasteiger partial charge >= 0.3 is 0 Å². The van der Waals surface area contributed by atoms with Gasteiger partial charge in [-0.25, -0.2) is 4.68 Å². The summed E-state index contributed by atoms with van der Waals surface area (Å²) in [5.41, 5.74) is 7.99.